The van der Waals surface area contributed by atoms with Crippen molar-refractivity contribution < 1.29 is 15.3 Å². The minimum absolute atomic E-state index is 0. The Kier molecular flexibility index (Phi) is 8.68. The molecule has 218 valence electrons. The zero-order valence-electron chi connectivity index (χ0n) is 23.7. The van der Waals surface area contributed by atoms with E-state index in [-0.39, 0.29) is 25.9 Å². The van der Waals surface area contributed by atoms with Crippen LogP contribution >= 0.6 is 0 Å². The maximum absolute atomic E-state index is 13.4. The molecule has 2 aromatic carbocycles. The number of alkyl halides is 1. The fourth-order valence-electron chi connectivity index (χ4n) is 5.69. The van der Waals surface area contributed by atoms with Gasteiger partial charge in [-0.05, 0) is 84.9 Å². The number of rotatable bonds is 8. The third-order valence-corrected chi connectivity index (χ3v) is 7.98. The number of piperidine rings is 1. The smallest absolute Gasteiger partial charge is 0.253 e. The zero-order chi connectivity index (χ0) is 28.9. The summed E-state index contributed by atoms with van der Waals surface area (Å²) in [7, 11) is 1.51. The van der Waals surface area contributed by atoms with Crippen molar-refractivity contribution in [3.63, 3.8) is 0 Å². The van der Waals surface area contributed by atoms with E-state index in [0.29, 0.717) is 37.4 Å². The van der Waals surface area contributed by atoms with Crippen molar-refractivity contribution in [2.75, 3.05) is 44.9 Å². The molecule has 0 saturated carbocycles. The fraction of sp³-hybridized carbons (Fsp3) is 0.387. The van der Waals surface area contributed by atoms with Crippen molar-refractivity contribution in [3.05, 3.63) is 82.5 Å². The summed E-state index contributed by atoms with van der Waals surface area (Å²) in [5.41, 5.74) is 18.5. The number of carbonyl (C=O) groups is 1. The van der Waals surface area contributed by atoms with Crippen LogP contribution in [0.1, 0.15) is 46.9 Å². The first-order chi connectivity index (χ1) is 19.9. The van der Waals surface area contributed by atoms with Gasteiger partial charge >= 0.3 is 0 Å². The molecule has 1 fully saturated rings. The van der Waals surface area contributed by atoms with Crippen LogP contribution in [0.3, 0.4) is 0 Å². The molecular formula is C31H40FN7O2. The number of methoxy groups -OCH3 is 1. The maximum atomic E-state index is 13.4. The number of carbonyl (C=O) groups excluding carboxylic acids is 1. The molecule has 3 aromatic rings. The van der Waals surface area contributed by atoms with Gasteiger partial charge in [-0.25, -0.2) is 14.4 Å². The average molecular weight is 562 g/mol. The molecule has 0 atom stereocenters. The lowest BCUT2D eigenvalue weighted by Crippen LogP contribution is -2.45. The number of likely N-dealkylation sites (tertiary alicyclic amines) is 1. The summed E-state index contributed by atoms with van der Waals surface area (Å²) in [6.45, 7) is 4.79. The summed E-state index contributed by atoms with van der Waals surface area (Å²) < 4.78 is 17.5. The summed E-state index contributed by atoms with van der Waals surface area (Å²) in [5, 5.41) is 4.14. The minimum Gasteiger partial charge on any atom is -0.483 e. The van der Waals surface area contributed by atoms with Crippen LogP contribution < -0.4 is 21.7 Å². The molecule has 3 heterocycles. The molecule has 5 rings (SSSR count). The van der Waals surface area contributed by atoms with Crippen molar-refractivity contribution in [3.8, 4) is 0 Å². The number of benzene rings is 2. The Balaban J connectivity index is 0.00000405. The van der Waals surface area contributed by atoms with Crippen molar-refractivity contribution >= 4 is 28.3 Å². The Morgan fingerprint density at radius 3 is 2.68 bits per heavy atom. The SMILES string of the molecule is CO/C(N)=C/C=C(\N)c1cc(C)c2ncnc(N3CCc4ccc(C(=O)N5CCC(NCCF)CC5)cc4C3)c2c1.[HH]. The van der Waals surface area contributed by atoms with E-state index in [1.54, 1.807) is 18.5 Å². The predicted octanol–water partition coefficient (Wildman–Crippen LogP) is 3.66. The molecule has 41 heavy (non-hydrogen) atoms. The van der Waals surface area contributed by atoms with Gasteiger partial charge in [-0.15, -0.1) is 0 Å². The fourth-order valence-corrected chi connectivity index (χ4v) is 5.69. The predicted molar refractivity (Wildman–Crippen MR) is 162 cm³/mol. The number of aromatic nitrogens is 2. The van der Waals surface area contributed by atoms with Gasteiger partial charge in [0, 0.05) is 56.8 Å². The average Bonchev–Trinajstić information content (AvgIpc) is 3.01. The Morgan fingerprint density at radius 1 is 1.12 bits per heavy atom. The van der Waals surface area contributed by atoms with Crippen LogP contribution in [0, 0.1) is 6.92 Å². The Bertz CT molecular complexity index is 1490. The van der Waals surface area contributed by atoms with Crippen LogP contribution in [0.4, 0.5) is 10.2 Å². The second kappa shape index (κ2) is 12.6. The quantitative estimate of drug-likeness (QED) is 0.281. The minimum atomic E-state index is -0.371. The molecule has 9 nitrogen and oxygen atoms in total. The van der Waals surface area contributed by atoms with E-state index in [1.807, 2.05) is 36.1 Å². The number of ether oxygens (including phenoxy) is 1. The second-order valence-corrected chi connectivity index (χ2v) is 10.6. The lowest BCUT2D eigenvalue weighted by molar-refractivity contribution is 0.0704. The number of nitrogens with zero attached hydrogens (tertiary/aromatic N) is 4. The standard InChI is InChI=1S/C31H38FN7O2.H2/c1-20-15-23(27(33)5-6-28(34)41-2)17-26-29(20)36-19-37-30(26)39-12-7-21-3-4-22(16-24(21)18-39)31(40)38-13-8-25(9-14-38)35-11-10-32;/h3-6,15-17,19,25,35H,7-14,18,33-34H2,1-2H3;1H/b27-5-,28-6+;. The first kappa shape index (κ1) is 28.4. The highest BCUT2D eigenvalue weighted by Gasteiger charge is 2.26. The third-order valence-electron chi connectivity index (χ3n) is 7.98. The van der Waals surface area contributed by atoms with Crippen LogP contribution in [0.15, 0.2) is 54.7 Å². The van der Waals surface area contributed by atoms with E-state index in [0.717, 1.165) is 59.2 Å². The van der Waals surface area contributed by atoms with E-state index in [9.17, 15) is 9.18 Å². The molecule has 0 spiro atoms. The van der Waals surface area contributed by atoms with Gasteiger partial charge in [0.25, 0.3) is 5.91 Å². The number of aryl methyl sites for hydroxylation is 1. The first-order valence-corrected chi connectivity index (χ1v) is 14.1. The van der Waals surface area contributed by atoms with E-state index >= 15 is 0 Å². The highest BCUT2D eigenvalue weighted by atomic mass is 19.1. The number of allylic oxidation sites excluding steroid dienone is 2. The monoisotopic (exact) mass is 561 g/mol. The van der Waals surface area contributed by atoms with Gasteiger partial charge < -0.3 is 31.3 Å². The molecule has 0 unspecified atom stereocenters. The summed E-state index contributed by atoms with van der Waals surface area (Å²) >= 11 is 0. The van der Waals surface area contributed by atoms with Gasteiger partial charge in [0.15, 0.2) is 5.88 Å². The van der Waals surface area contributed by atoms with E-state index in [1.165, 1.54) is 12.7 Å². The zero-order valence-corrected chi connectivity index (χ0v) is 23.7. The van der Waals surface area contributed by atoms with Gasteiger partial charge in [0.05, 0.1) is 12.6 Å². The van der Waals surface area contributed by atoms with Crippen molar-refractivity contribution in [1.82, 2.24) is 20.2 Å². The molecule has 0 radical (unpaired) electrons. The van der Waals surface area contributed by atoms with Gasteiger partial charge in [0.1, 0.15) is 18.8 Å². The van der Waals surface area contributed by atoms with Crippen molar-refractivity contribution in [1.29, 1.82) is 0 Å². The first-order valence-electron chi connectivity index (χ1n) is 14.1. The van der Waals surface area contributed by atoms with Crippen molar-refractivity contribution in [2.24, 2.45) is 11.5 Å². The maximum Gasteiger partial charge on any atom is 0.253 e. The van der Waals surface area contributed by atoms with Crippen LogP contribution in [-0.2, 0) is 17.7 Å². The number of fused-ring (bicyclic) bond motifs is 2. The summed E-state index contributed by atoms with van der Waals surface area (Å²) in [6.07, 6.45) is 7.48. The molecule has 0 aliphatic carbocycles. The lowest BCUT2D eigenvalue weighted by Gasteiger charge is -2.33. The Hall–Kier alpha value is -4.18. The molecular weight excluding hydrogens is 521 g/mol. The summed E-state index contributed by atoms with van der Waals surface area (Å²) in [4.78, 5) is 26.8. The topological polar surface area (TPSA) is 123 Å². The normalized spacial score (nSPS) is 16.7. The lowest BCUT2D eigenvalue weighted by atomic mass is 9.96. The molecule has 1 aromatic heterocycles. The second-order valence-electron chi connectivity index (χ2n) is 10.6. The summed E-state index contributed by atoms with van der Waals surface area (Å²) in [5.74, 6) is 1.16. The van der Waals surface area contributed by atoms with Crippen LogP contribution in [0.2, 0.25) is 0 Å². The van der Waals surface area contributed by atoms with Gasteiger partial charge in [-0.1, -0.05) is 6.07 Å². The number of amides is 1. The Morgan fingerprint density at radius 2 is 1.93 bits per heavy atom. The van der Waals surface area contributed by atoms with Crippen LogP contribution in [0.25, 0.3) is 16.6 Å². The number of anilines is 1. The molecule has 0 bridgehead atoms. The van der Waals surface area contributed by atoms with Gasteiger partial charge in [-0.2, -0.15) is 0 Å². The van der Waals surface area contributed by atoms with Crippen LogP contribution in [-0.4, -0.2) is 66.8 Å². The van der Waals surface area contributed by atoms with E-state index in [2.05, 4.69) is 26.3 Å². The summed E-state index contributed by atoms with van der Waals surface area (Å²) in [6, 6.07) is 10.3. The Labute approximate surface area is 241 Å². The van der Waals surface area contributed by atoms with Gasteiger partial charge in [0.2, 0.25) is 0 Å². The van der Waals surface area contributed by atoms with Crippen molar-refractivity contribution in [2.45, 2.75) is 38.8 Å². The molecule has 1 saturated heterocycles. The highest BCUT2D eigenvalue weighted by molar-refractivity contribution is 5.95. The number of nitrogens with one attached hydrogen (secondary N) is 1. The molecule has 2 aliphatic heterocycles. The highest BCUT2D eigenvalue weighted by Crippen LogP contribution is 2.32. The molecule has 10 heteroatoms. The molecule has 1 amide bonds. The van der Waals surface area contributed by atoms with Crippen LogP contribution in [0.5, 0.6) is 0 Å². The molecule has 5 N–H and O–H groups in total. The molecule has 2 aliphatic rings. The van der Waals surface area contributed by atoms with E-state index < -0.39 is 0 Å². The van der Waals surface area contributed by atoms with Gasteiger partial charge in [-0.3, -0.25) is 4.79 Å². The third kappa shape index (κ3) is 6.27. The largest absolute Gasteiger partial charge is 0.483 e. The number of hydrogen-bond acceptors (Lipinski definition) is 8. The number of nitrogens with two attached hydrogens (primary N) is 2. The number of hydrogen-bond donors (Lipinski definition) is 3. The van der Waals surface area contributed by atoms with E-state index in [4.69, 9.17) is 16.2 Å². The number of halogens is 1.